The van der Waals surface area contributed by atoms with Gasteiger partial charge in [0.1, 0.15) is 5.82 Å². The second-order valence-corrected chi connectivity index (χ2v) is 5.31. The van der Waals surface area contributed by atoms with Gasteiger partial charge < -0.3 is 15.3 Å². The molecule has 0 fully saturated rings. The van der Waals surface area contributed by atoms with Crippen LogP contribution < -0.4 is 5.73 Å². The number of benzene rings is 1. The summed E-state index contributed by atoms with van der Waals surface area (Å²) in [6, 6.07) is 4.37. The summed E-state index contributed by atoms with van der Waals surface area (Å²) in [5.41, 5.74) is 6.00. The van der Waals surface area contributed by atoms with E-state index in [4.69, 9.17) is 18.0 Å². The Morgan fingerprint density at radius 2 is 2.22 bits per heavy atom. The van der Waals surface area contributed by atoms with Crippen LogP contribution in [-0.4, -0.2) is 15.5 Å². The number of imidazole rings is 1. The maximum absolute atomic E-state index is 13.1. The number of hydrogen-bond acceptors (Lipinski definition) is 2. The molecule has 0 saturated heterocycles. The second kappa shape index (κ2) is 4.20. The Balaban J connectivity index is 2.55. The zero-order valence-electron chi connectivity index (χ0n) is 10.2. The monoisotopic (exact) mass is 267 g/mol. The summed E-state index contributed by atoms with van der Waals surface area (Å²) >= 11 is 5.18. The summed E-state index contributed by atoms with van der Waals surface area (Å²) in [7, 11) is 0. The Kier molecular flexibility index (Phi) is 2.98. The van der Waals surface area contributed by atoms with Crippen molar-refractivity contribution < 1.29 is 9.18 Å². The van der Waals surface area contributed by atoms with Gasteiger partial charge in [0, 0.05) is 6.54 Å². The molecule has 6 heteroatoms. The predicted octanol–water partition coefficient (Wildman–Crippen LogP) is 2.35. The lowest BCUT2D eigenvalue weighted by molar-refractivity contribution is -0.126. The number of primary amides is 1. The number of halogens is 1. The van der Waals surface area contributed by atoms with Crippen LogP contribution in [0.15, 0.2) is 18.2 Å². The minimum atomic E-state index is -0.720. The van der Waals surface area contributed by atoms with E-state index >= 15 is 0 Å². The quantitative estimate of drug-likeness (QED) is 0.838. The van der Waals surface area contributed by atoms with E-state index in [1.54, 1.807) is 24.5 Å². The average molecular weight is 267 g/mol. The summed E-state index contributed by atoms with van der Waals surface area (Å²) in [5, 5.41) is 0. The summed E-state index contributed by atoms with van der Waals surface area (Å²) in [6.07, 6.45) is 0. The highest BCUT2D eigenvalue weighted by Crippen LogP contribution is 2.22. The molecule has 0 aliphatic carbocycles. The molecule has 0 aliphatic heterocycles. The number of carbonyl (C=O) groups excluding carboxylic acids is 1. The first-order valence-corrected chi connectivity index (χ1v) is 5.90. The molecule has 0 bridgehead atoms. The van der Waals surface area contributed by atoms with Gasteiger partial charge in [-0.3, -0.25) is 4.79 Å². The van der Waals surface area contributed by atoms with Gasteiger partial charge in [0.05, 0.1) is 16.4 Å². The summed E-state index contributed by atoms with van der Waals surface area (Å²) in [6.45, 7) is 3.85. The fourth-order valence-electron chi connectivity index (χ4n) is 1.77. The molecular formula is C12H14FN3OS. The van der Waals surface area contributed by atoms with Crippen molar-refractivity contribution >= 4 is 29.2 Å². The molecule has 2 rings (SSSR count). The van der Waals surface area contributed by atoms with Gasteiger partial charge in [0.25, 0.3) is 0 Å². The first-order valence-electron chi connectivity index (χ1n) is 5.49. The average Bonchev–Trinajstić information content (AvgIpc) is 2.54. The van der Waals surface area contributed by atoms with E-state index in [1.807, 2.05) is 0 Å². The maximum atomic E-state index is 13.1. The fraction of sp³-hybridized carbons (Fsp3) is 0.333. The molecule has 96 valence electrons. The van der Waals surface area contributed by atoms with Crippen LogP contribution in [0.3, 0.4) is 0 Å². The Morgan fingerprint density at radius 3 is 2.83 bits per heavy atom. The van der Waals surface area contributed by atoms with E-state index in [2.05, 4.69) is 4.98 Å². The third kappa shape index (κ3) is 2.15. The van der Waals surface area contributed by atoms with Gasteiger partial charge in [0.2, 0.25) is 5.91 Å². The predicted molar refractivity (Wildman–Crippen MR) is 70.1 cm³/mol. The number of rotatable bonds is 3. The highest BCUT2D eigenvalue weighted by Gasteiger charge is 2.26. The van der Waals surface area contributed by atoms with E-state index in [1.165, 1.54) is 12.1 Å². The maximum Gasteiger partial charge on any atom is 0.224 e. The number of H-pyrrole nitrogens is 1. The van der Waals surface area contributed by atoms with E-state index in [0.717, 1.165) is 5.52 Å². The van der Waals surface area contributed by atoms with Gasteiger partial charge in [-0.05, 0) is 44.3 Å². The zero-order chi connectivity index (χ0) is 13.5. The van der Waals surface area contributed by atoms with Crippen LogP contribution in [-0.2, 0) is 11.3 Å². The smallest absolute Gasteiger partial charge is 0.224 e. The lowest BCUT2D eigenvalue weighted by Gasteiger charge is -2.21. The molecule has 4 nitrogen and oxygen atoms in total. The Bertz CT molecular complexity index is 672. The first kappa shape index (κ1) is 12.8. The number of aromatic amines is 1. The van der Waals surface area contributed by atoms with Crippen molar-refractivity contribution in [1.29, 1.82) is 0 Å². The summed E-state index contributed by atoms with van der Waals surface area (Å²) in [5.74, 6) is -0.735. The molecule has 0 unspecified atom stereocenters. The Hall–Kier alpha value is -1.69. The standard InChI is InChI=1S/C12H14FN3OS/c1-12(2,10(14)17)6-16-9-4-3-7(13)5-8(9)15-11(16)18/h3-5H,6H2,1-2H3,(H2,14,17)(H,15,18). The van der Waals surface area contributed by atoms with Gasteiger partial charge in [-0.2, -0.15) is 0 Å². The van der Waals surface area contributed by atoms with Crippen LogP contribution >= 0.6 is 12.2 Å². The number of aromatic nitrogens is 2. The minimum Gasteiger partial charge on any atom is -0.369 e. The van der Waals surface area contributed by atoms with Crippen molar-refractivity contribution in [3.05, 3.63) is 28.8 Å². The number of fused-ring (bicyclic) bond motifs is 1. The summed E-state index contributed by atoms with van der Waals surface area (Å²) in [4.78, 5) is 14.3. The van der Waals surface area contributed by atoms with Crippen LogP contribution in [0.25, 0.3) is 11.0 Å². The molecule has 2 aromatic rings. The minimum absolute atomic E-state index is 0.333. The number of nitrogens with one attached hydrogen (secondary N) is 1. The number of nitrogens with zero attached hydrogens (tertiary/aromatic N) is 1. The molecule has 1 heterocycles. The van der Waals surface area contributed by atoms with Crippen LogP contribution in [0.1, 0.15) is 13.8 Å². The molecule has 1 aromatic carbocycles. The molecule has 1 aromatic heterocycles. The lowest BCUT2D eigenvalue weighted by Crippen LogP contribution is -2.35. The highest BCUT2D eigenvalue weighted by atomic mass is 32.1. The molecule has 1 amide bonds. The largest absolute Gasteiger partial charge is 0.369 e. The lowest BCUT2D eigenvalue weighted by atomic mass is 9.92. The molecule has 0 aliphatic rings. The highest BCUT2D eigenvalue weighted by molar-refractivity contribution is 7.71. The number of hydrogen-bond donors (Lipinski definition) is 2. The Labute approximate surface area is 109 Å². The Morgan fingerprint density at radius 1 is 1.56 bits per heavy atom. The topological polar surface area (TPSA) is 63.8 Å². The SMILES string of the molecule is CC(C)(Cn1c(=S)[nH]c2cc(F)ccc21)C(N)=O. The summed E-state index contributed by atoms with van der Waals surface area (Å²) < 4.78 is 15.3. The van der Waals surface area contributed by atoms with Gasteiger partial charge in [-0.25, -0.2) is 4.39 Å². The normalized spacial score (nSPS) is 11.9. The van der Waals surface area contributed by atoms with Crippen LogP contribution in [0.2, 0.25) is 0 Å². The number of carbonyl (C=O) groups is 1. The molecule has 0 radical (unpaired) electrons. The molecular weight excluding hydrogens is 253 g/mol. The first-order chi connectivity index (χ1) is 8.31. The van der Waals surface area contributed by atoms with E-state index in [0.29, 0.717) is 16.8 Å². The second-order valence-electron chi connectivity index (χ2n) is 4.93. The molecule has 18 heavy (non-hydrogen) atoms. The van der Waals surface area contributed by atoms with E-state index < -0.39 is 11.3 Å². The van der Waals surface area contributed by atoms with Crippen molar-refractivity contribution in [2.75, 3.05) is 0 Å². The van der Waals surface area contributed by atoms with Crippen molar-refractivity contribution in [2.45, 2.75) is 20.4 Å². The van der Waals surface area contributed by atoms with Crippen LogP contribution in [0, 0.1) is 16.0 Å². The third-order valence-electron chi connectivity index (χ3n) is 2.96. The van der Waals surface area contributed by atoms with Crippen molar-refractivity contribution in [3.8, 4) is 0 Å². The zero-order valence-corrected chi connectivity index (χ0v) is 11.0. The molecule has 0 spiro atoms. The van der Waals surface area contributed by atoms with Gasteiger partial charge in [-0.1, -0.05) is 0 Å². The number of amides is 1. The van der Waals surface area contributed by atoms with E-state index in [-0.39, 0.29) is 5.82 Å². The molecule has 3 N–H and O–H groups in total. The van der Waals surface area contributed by atoms with Crippen LogP contribution in [0.5, 0.6) is 0 Å². The fourth-order valence-corrected chi connectivity index (χ4v) is 2.04. The van der Waals surface area contributed by atoms with Crippen LogP contribution in [0.4, 0.5) is 4.39 Å². The van der Waals surface area contributed by atoms with E-state index in [9.17, 15) is 9.18 Å². The van der Waals surface area contributed by atoms with Crippen molar-refractivity contribution in [3.63, 3.8) is 0 Å². The van der Waals surface area contributed by atoms with Gasteiger partial charge >= 0.3 is 0 Å². The molecule has 0 saturated carbocycles. The number of nitrogens with two attached hydrogens (primary N) is 1. The molecule has 0 atom stereocenters. The third-order valence-corrected chi connectivity index (χ3v) is 3.28. The van der Waals surface area contributed by atoms with Gasteiger partial charge in [-0.15, -0.1) is 0 Å². The van der Waals surface area contributed by atoms with Gasteiger partial charge in [0.15, 0.2) is 4.77 Å². The van der Waals surface area contributed by atoms with Crippen molar-refractivity contribution in [2.24, 2.45) is 11.1 Å². The van der Waals surface area contributed by atoms with Crippen molar-refractivity contribution in [1.82, 2.24) is 9.55 Å².